The van der Waals surface area contributed by atoms with E-state index in [1.54, 1.807) is 23.1 Å². The number of nitro benzene ring substituents is 1. The maximum absolute atomic E-state index is 12.5. The van der Waals surface area contributed by atoms with Gasteiger partial charge in [-0.1, -0.05) is 0 Å². The minimum Gasteiger partial charge on any atom is -0.336 e. The lowest BCUT2D eigenvalue weighted by atomic mass is 10.1. The maximum Gasteiger partial charge on any atom is 0.269 e. The fourth-order valence-electron chi connectivity index (χ4n) is 2.92. The van der Waals surface area contributed by atoms with Gasteiger partial charge in [-0.3, -0.25) is 19.7 Å². The quantitative estimate of drug-likeness (QED) is 0.636. The highest BCUT2D eigenvalue weighted by Gasteiger charge is 2.19. The van der Waals surface area contributed by atoms with Gasteiger partial charge in [-0.25, -0.2) is 0 Å². The van der Waals surface area contributed by atoms with Crippen LogP contribution in [0.5, 0.6) is 0 Å². The molecule has 8 nitrogen and oxygen atoms in total. The van der Waals surface area contributed by atoms with E-state index >= 15 is 0 Å². The highest BCUT2D eigenvalue weighted by molar-refractivity contribution is 6.05. The third kappa shape index (κ3) is 4.29. The Morgan fingerprint density at radius 2 is 1.70 bits per heavy atom. The Balaban J connectivity index is 1.71. The van der Waals surface area contributed by atoms with Crippen LogP contribution in [0.4, 0.5) is 11.4 Å². The summed E-state index contributed by atoms with van der Waals surface area (Å²) in [6.45, 7) is 4.75. The van der Waals surface area contributed by atoms with Crippen LogP contribution in [0.15, 0.2) is 42.5 Å². The van der Waals surface area contributed by atoms with Gasteiger partial charge in [0.05, 0.1) is 4.92 Å². The molecule has 2 aromatic carbocycles. The zero-order valence-electron chi connectivity index (χ0n) is 14.9. The molecule has 1 fully saturated rings. The second kappa shape index (κ2) is 7.96. The van der Waals surface area contributed by atoms with E-state index in [-0.39, 0.29) is 17.5 Å². The molecule has 140 valence electrons. The van der Waals surface area contributed by atoms with Crippen molar-refractivity contribution in [1.29, 1.82) is 0 Å². The number of anilines is 1. The fraction of sp³-hybridized carbons (Fsp3) is 0.263. The normalized spacial score (nSPS) is 13.9. The van der Waals surface area contributed by atoms with Crippen molar-refractivity contribution < 1.29 is 14.5 Å². The molecule has 2 N–H and O–H groups in total. The molecule has 2 aromatic rings. The number of piperazine rings is 1. The molecule has 1 aliphatic heterocycles. The van der Waals surface area contributed by atoms with Gasteiger partial charge >= 0.3 is 0 Å². The number of nitro groups is 1. The van der Waals surface area contributed by atoms with Crippen LogP contribution in [0.1, 0.15) is 26.3 Å². The summed E-state index contributed by atoms with van der Waals surface area (Å²) in [6, 6.07) is 10.6. The Morgan fingerprint density at radius 1 is 1.07 bits per heavy atom. The van der Waals surface area contributed by atoms with Crippen molar-refractivity contribution in [3.05, 3.63) is 69.3 Å². The zero-order valence-corrected chi connectivity index (χ0v) is 14.9. The van der Waals surface area contributed by atoms with E-state index in [9.17, 15) is 19.7 Å². The average Bonchev–Trinajstić information content (AvgIpc) is 2.69. The number of hydrogen-bond acceptors (Lipinski definition) is 5. The minimum atomic E-state index is -0.514. The minimum absolute atomic E-state index is 0.0205. The Labute approximate surface area is 156 Å². The van der Waals surface area contributed by atoms with Gasteiger partial charge in [-0.05, 0) is 42.8 Å². The molecular formula is C19H20N4O4. The largest absolute Gasteiger partial charge is 0.336 e. The number of nitrogens with one attached hydrogen (secondary N) is 2. The molecule has 0 atom stereocenters. The van der Waals surface area contributed by atoms with Gasteiger partial charge in [0.25, 0.3) is 17.5 Å². The molecule has 0 saturated carbocycles. The van der Waals surface area contributed by atoms with Gasteiger partial charge in [0.15, 0.2) is 0 Å². The lowest BCUT2D eigenvalue weighted by molar-refractivity contribution is -0.384. The third-order valence-corrected chi connectivity index (χ3v) is 4.47. The van der Waals surface area contributed by atoms with E-state index in [0.717, 1.165) is 18.7 Å². The lowest BCUT2D eigenvalue weighted by Gasteiger charge is -2.27. The lowest BCUT2D eigenvalue weighted by Crippen LogP contribution is -2.46. The Morgan fingerprint density at radius 3 is 2.30 bits per heavy atom. The molecule has 0 spiro atoms. The molecule has 0 aromatic heterocycles. The number of non-ortho nitro benzene ring substituents is 1. The number of nitrogens with zero attached hydrogens (tertiary/aromatic N) is 2. The molecule has 1 saturated heterocycles. The smallest absolute Gasteiger partial charge is 0.269 e. The predicted molar refractivity (Wildman–Crippen MR) is 101 cm³/mol. The summed E-state index contributed by atoms with van der Waals surface area (Å²) in [5.41, 5.74) is 2.20. The first-order valence-corrected chi connectivity index (χ1v) is 8.62. The van der Waals surface area contributed by atoms with E-state index < -0.39 is 4.92 Å². The van der Waals surface area contributed by atoms with Crippen LogP contribution < -0.4 is 10.6 Å². The highest BCUT2D eigenvalue weighted by Crippen LogP contribution is 2.20. The van der Waals surface area contributed by atoms with Crippen LogP contribution in [-0.2, 0) is 0 Å². The summed E-state index contributed by atoms with van der Waals surface area (Å²) in [6.07, 6.45) is 0. The molecule has 2 amide bonds. The molecule has 27 heavy (non-hydrogen) atoms. The molecule has 0 radical (unpaired) electrons. The third-order valence-electron chi connectivity index (χ3n) is 4.47. The Kier molecular flexibility index (Phi) is 5.46. The Bertz CT molecular complexity index is 874. The van der Waals surface area contributed by atoms with Crippen LogP contribution in [0, 0.1) is 17.0 Å². The SMILES string of the molecule is Cc1cc(C(=O)N2CCNCC2)ccc1NC(=O)c1ccc([N+](=O)[O-])cc1. The standard InChI is InChI=1S/C19H20N4O4/c1-13-12-15(19(25)22-10-8-20-9-11-22)4-7-17(13)21-18(24)14-2-5-16(6-3-14)23(26)27/h2-7,12,20H,8-11H2,1H3,(H,21,24). The van der Waals surface area contributed by atoms with E-state index in [1.165, 1.54) is 24.3 Å². The molecular weight excluding hydrogens is 348 g/mol. The maximum atomic E-state index is 12.5. The number of hydrogen-bond donors (Lipinski definition) is 2. The van der Waals surface area contributed by atoms with Crippen molar-refractivity contribution in [2.24, 2.45) is 0 Å². The van der Waals surface area contributed by atoms with Crippen molar-refractivity contribution >= 4 is 23.2 Å². The number of aryl methyl sites for hydroxylation is 1. The summed E-state index contributed by atoms with van der Waals surface area (Å²) < 4.78 is 0. The van der Waals surface area contributed by atoms with E-state index in [4.69, 9.17) is 0 Å². The van der Waals surface area contributed by atoms with Crippen LogP contribution in [0.2, 0.25) is 0 Å². The van der Waals surface area contributed by atoms with Gasteiger partial charge in [0.2, 0.25) is 0 Å². The Hall–Kier alpha value is -3.26. The van der Waals surface area contributed by atoms with Gasteiger partial charge in [0, 0.05) is 55.1 Å². The molecule has 0 unspecified atom stereocenters. The van der Waals surface area contributed by atoms with E-state index in [0.29, 0.717) is 29.9 Å². The van der Waals surface area contributed by atoms with Gasteiger partial charge < -0.3 is 15.5 Å². The van der Waals surface area contributed by atoms with Crippen molar-refractivity contribution in [1.82, 2.24) is 10.2 Å². The summed E-state index contributed by atoms with van der Waals surface area (Å²) >= 11 is 0. The molecule has 8 heteroatoms. The summed E-state index contributed by atoms with van der Waals surface area (Å²) in [5, 5.41) is 16.7. The molecule has 0 bridgehead atoms. The van der Waals surface area contributed by atoms with Gasteiger partial charge in [-0.2, -0.15) is 0 Å². The zero-order chi connectivity index (χ0) is 19.4. The number of carbonyl (C=O) groups excluding carboxylic acids is 2. The molecule has 0 aliphatic carbocycles. The number of amides is 2. The summed E-state index contributed by atoms with van der Waals surface area (Å²) in [5.74, 6) is -0.387. The molecule has 1 aliphatic rings. The van der Waals surface area contributed by atoms with Gasteiger partial charge in [0.1, 0.15) is 0 Å². The first-order chi connectivity index (χ1) is 13.0. The number of benzene rings is 2. The predicted octanol–water partition coefficient (Wildman–Crippen LogP) is 2.20. The number of carbonyl (C=O) groups is 2. The second-order valence-electron chi connectivity index (χ2n) is 6.33. The van der Waals surface area contributed by atoms with Crippen LogP contribution in [-0.4, -0.2) is 47.8 Å². The van der Waals surface area contributed by atoms with Crippen LogP contribution in [0.25, 0.3) is 0 Å². The van der Waals surface area contributed by atoms with Crippen LogP contribution >= 0.6 is 0 Å². The van der Waals surface area contributed by atoms with E-state index in [1.807, 2.05) is 6.92 Å². The fourth-order valence-corrected chi connectivity index (χ4v) is 2.92. The summed E-state index contributed by atoms with van der Waals surface area (Å²) in [4.78, 5) is 36.9. The summed E-state index contributed by atoms with van der Waals surface area (Å²) in [7, 11) is 0. The molecule has 3 rings (SSSR count). The average molecular weight is 368 g/mol. The number of rotatable bonds is 4. The van der Waals surface area contributed by atoms with E-state index in [2.05, 4.69) is 10.6 Å². The van der Waals surface area contributed by atoms with Crippen molar-refractivity contribution in [2.75, 3.05) is 31.5 Å². The van der Waals surface area contributed by atoms with Crippen molar-refractivity contribution in [3.63, 3.8) is 0 Å². The second-order valence-corrected chi connectivity index (χ2v) is 6.33. The van der Waals surface area contributed by atoms with Gasteiger partial charge in [-0.15, -0.1) is 0 Å². The highest BCUT2D eigenvalue weighted by atomic mass is 16.6. The monoisotopic (exact) mass is 368 g/mol. The first-order valence-electron chi connectivity index (χ1n) is 8.62. The van der Waals surface area contributed by atoms with Crippen LogP contribution in [0.3, 0.4) is 0 Å². The topological polar surface area (TPSA) is 105 Å². The first kappa shape index (κ1) is 18.5. The molecule has 1 heterocycles. The van der Waals surface area contributed by atoms with Crippen molar-refractivity contribution in [3.8, 4) is 0 Å². The van der Waals surface area contributed by atoms with Crippen molar-refractivity contribution in [2.45, 2.75) is 6.92 Å².